The van der Waals surface area contributed by atoms with Crippen LogP contribution < -0.4 is 0 Å². The molecule has 78 valence electrons. The van der Waals surface area contributed by atoms with Gasteiger partial charge in [0.2, 0.25) is 0 Å². The average Bonchev–Trinajstić information content (AvgIpc) is 2.60. The van der Waals surface area contributed by atoms with E-state index < -0.39 is 5.97 Å². The zero-order valence-corrected chi connectivity index (χ0v) is 8.51. The third-order valence-corrected chi connectivity index (χ3v) is 2.21. The molecule has 0 fully saturated rings. The highest BCUT2D eigenvalue weighted by Crippen LogP contribution is 2.19. The van der Waals surface area contributed by atoms with Gasteiger partial charge in [-0.2, -0.15) is 0 Å². The lowest BCUT2D eigenvalue weighted by molar-refractivity contribution is 0.0698. The molecular formula is C10H11N3O2. The number of carbonyl (C=O) groups is 1. The van der Waals surface area contributed by atoms with E-state index in [9.17, 15) is 4.79 Å². The number of fused-ring (bicyclic) bond motifs is 1. The van der Waals surface area contributed by atoms with Crippen LogP contribution in [0, 0.1) is 0 Å². The fourth-order valence-corrected chi connectivity index (χ4v) is 1.53. The second-order valence-corrected chi connectivity index (χ2v) is 3.61. The minimum Gasteiger partial charge on any atom is -0.478 e. The van der Waals surface area contributed by atoms with Crippen molar-refractivity contribution in [1.82, 2.24) is 15.0 Å². The molecule has 1 aromatic carbocycles. The molecule has 1 heterocycles. The summed E-state index contributed by atoms with van der Waals surface area (Å²) < 4.78 is 1.62. The molecule has 2 rings (SSSR count). The van der Waals surface area contributed by atoms with E-state index in [1.807, 2.05) is 13.8 Å². The van der Waals surface area contributed by atoms with E-state index in [0.717, 1.165) is 0 Å². The minimum atomic E-state index is -0.954. The van der Waals surface area contributed by atoms with Crippen molar-refractivity contribution in [1.29, 1.82) is 0 Å². The number of hydrogen-bond acceptors (Lipinski definition) is 3. The van der Waals surface area contributed by atoms with Gasteiger partial charge in [0.15, 0.2) is 0 Å². The third kappa shape index (κ3) is 1.45. The number of hydrogen-bond donors (Lipinski definition) is 1. The summed E-state index contributed by atoms with van der Waals surface area (Å²) in [6.07, 6.45) is 0. The number of benzene rings is 1. The summed E-state index contributed by atoms with van der Waals surface area (Å²) in [6, 6.07) is 5.08. The molecule has 0 spiro atoms. The third-order valence-electron chi connectivity index (χ3n) is 2.21. The van der Waals surface area contributed by atoms with Gasteiger partial charge in [-0.05, 0) is 26.0 Å². The maximum atomic E-state index is 11.0. The van der Waals surface area contributed by atoms with Gasteiger partial charge in [0.25, 0.3) is 0 Å². The predicted molar refractivity (Wildman–Crippen MR) is 54.9 cm³/mol. The van der Waals surface area contributed by atoms with Gasteiger partial charge in [0.05, 0.1) is 5.56 Å². The molecule has 5 heteroatoms. The fourth-order valence-electron chi connectivity index (χ4n) is 1.53. The van der Waals surface area contributed by atoms with Crippen LogP contribution in [0.25, 0.3) is 11.0 Å². The van der Waals surface area contributed by atoms with E-state index >= 15 is 0 Å². The number of rotatable bonds is 2. The van der Waals surface area contributed by atoms with Gasteiger partial charge in [0.1, 0.15) is 11.0 Å². The molecule has 5 nitrogen and oxygen atoms in total. The van der Waals surface area contributed by atoms with E-state index in [4.69, 9.17) is 5.11 Å². The predicted octanol–water partition coefficient (Wildman–Crippen LogP) is 1.71. The first kappa shape index (κ1) is 9.64. The highest BCUT2D eigenvalue weighted by Gasteiger charge is 2.15. The Kier molecular flexibility index (Phi) is 2.15. The zero-order chi connectivity index (χ0) is 11.0. The Morgan fingerprint density at radius 1 is 1.47 bits per heavy atom. The number of carboxylic acids is 1. The van der Waals surface area contributed by atoms with Crippen molar-refractivity contribution in [3.05, 3.63) is 23.8 Å². The van der Waals surface area contributed by atoms with Gasteiger partial charge in [-0.3, -0.25) is 0 Å². The van der Waals surface area contributed by atoms with Gasteiger partial charge in [-0.15, -0.1) is 5.10 Å². The second-order valence-electron chi connectivity index (χ2n) is 3.61. The molecule has 0 radical (unpaired) electrons. The van der Waals surface area contributed by atoms with Crippen LogP contribution >= 0.6 is 0 Å². The molecular weight excluding hydrogens is 194 g/mol. The van der Waals surface area contributed by atoms with Crippen LogP contribution in [0.3, 0.4) is 0 Å². The number of aromatic carboxylic acids is 1. The number of nitrogens with zero attached hydrogens (tertiary/aromatic N) is 3. The molecule has 2 aromatic rings. The molecule has 0 saturated heterocycles. The highest BCUT2D eigenvalue weighted by molar-refractivity contribution is 6.00. The van der Waals surface area contributed by atoms with Crippen molar-refractivity contribution in [2.24, 2.45) is 0 Å². The molecule has 0 aliphatic heterocycles. The quantitative estimate of drug-likeness (QED) is 0.810. The van der Waals surface area contributed by atoms with Crippen LogP contribution in [0.5, 0.6) is 0 Å². The summed E-state index contributed by atoms with van der Waals surface area (Å²) in [5.41, 5.74) is 1.44. The molecule has 1 aromatic heterocycles. The largest absolute Gasteiger partial charge is 0.478 e. The van der Waals surface area contributed by atoms with Crippen LogP contribution in [0.4, 0.5) is 0 Å². The van der Waals surface area contributed by atoms with E-state index in [1.165, 1.54) is 0 Å². The molecule has 0 amide bonds. The van der Waals surface area contributed by atoms with E-state index in [1.54, 1.807) is 22.9 Å². The first-order valence-corrected chi connectivity index (χ1v) is 4.68. The van der Waals surface area contributed by atoms with E-state index in [2.05, 4.69) is 10.3 Å². The first-order chi connectivity index (χ1) is 7.11. The van der Waals surface area contributed by atoms with Gasteiger partial charge < -0.3 is 5.11 Å². The van der Waals surface area contributed by atoms with Crippen molar-refractivity contribution < 1.29 is 9.90 Å². The van der Waals surface area contributed by atoms with Crippen LogP contribution in [0.15, 0.2) is 18.2 Å². The van der Waals surface area contributed by atoms with Crippen molar-refractivity contribution in [3.8, 4) is 0 Å². The van der Waals surface area contributed by atoms with Crippen LogP contribution in [0.2, 0.25) is 0 Å². The minimum absolute atomic E-state index is 0.0931. The van der Waals surface area contributed by atoms with E-state index in [0.29, 0.717) is 11.0 Å². The van der Waals surface area contributed by atoms with Crippen LogP contribution in [-0.4, -0.2) is 26.1 Å². The second kappa shape index (κ2) is 3.34. The smallest absolute Gasteiger partial charge is 0.337 e. The lowest BCUT2D eigenvalue weighted by atomic mass is 10.2. The Labute approximate surface area is 86.3 Å². The van der Waals surface area contributed by atoms with Crippen LogP contribution in [0.1, 0.15) is 30.2 Å². The SMILES string of the molecule is CC(C)n1nnc2cccc(C(=O)O)c21. The molecule has 0 unspecified atom stereocenters. The van der Waals surface area contributed by atoms with Crippen molar-refractivity contribution in [3.63, 3.8) is 0 Å². The Morgan fingerprint density at radius 2 is 2.20 bits per heavy atom. The lowest BCUT2D eigenvalue weighted by Crippen LogP contribution is -2.07. The van der Waals surface area contributed by atoms with Crippen LogP contribution in [-0.2, 0) is 0 Å². The molecule has 0 aliphatic rings. The van der Waals surface area contributed by atoms with E-state index in [-0.39, 0.29) is 11.6 Å². The van der Waals surface area contributed by atoms with Crippen molar-refractivity contribution in [2.75, 3.05) is 0 Å². The number of carboxylic acid groups (broad SMARTS) is 1. The van der Waals surface area contributed by atoms with Gasteiger partial charge in [-0.25, -0.2) is 9.48 Å². The Hall–Kier alpha value is -1.91. The standard InChI is InChI=1S/C10H11N3O2/c1-6(2)13-9-7(10(14)15)4-3-5-8(9)11-12-13/h3-6H,1-2H3,(H,14,15). The Balaban J connectivity index is 2.80. The lowest BCUT2D eigenvalue weighted by Gasteiger charge is -2.06. The number of para-hydroxylation sites is 1. The summed E-state index contributed by atoms with van der Waals surface area (Å²) in [7, 11) is 0. The average molecular weight is 205 g/mol. The molecule has 0 saturated carbocycles. The van der Waals surface area contributed by atoms with Gasteiger partial charge >= 0.3 is 5.97 Å². The summed E-state index contributed by atoms with van der Waals surface area (Å²) in [5.74, 6) is -0.954. The maximum Gasteiger partial charge on any atom is 0.337 e. The monoisotopic (exact) mass is 205 g/mol. The molecule has 0 atom stereocenters. The summed E-state index contributed by atoms with van der Waals surface area (Å²) in [6.45, 7) is 3.87. The molecule has 15 heavy (non-hydrogen) atoms. The molecule has 0 aliphatic carbocycles. The van der Waals surface area contributed by atoms with Gasteiger partial charge in [0, 0.05) is 6.04 Å². The molecule has 0 bridgehead atoms. The van der Waals surface area contributed by atoms with Crippen molar-refractivity contribution in [2.45, 2.75) is 19.9 Å². The first-order valence-electron chi connectivity index (χ1n) is 4.68. The Morgan fingerprint density at radius 3 is 2.80 bits per heavy atom. The van der Waals surface area contributed by atoms with Gasteiger partial charge in [-0.1, -0.05) is 11.3 Å². The van der Waals surface area contributed by atoms with Crippen molar-refractivity contribution >= 4 is 17.0 Å². The highest BCUT2D eigenvalue weighted by atomic mass is 16.4. The Bertz CT molecular complexity index is 516. The topological polar surface area (TPSA) is 68.0 Å². The zero-order valence-electron chi connectivity index (χ0n) is 8.51. The number of aromatic nitrogens is 3. The molecule has 1 N–H and O–H groups in total. The summed E-state index contributed by atoms with van der Waals surface area (Å²) in [5, 5.41) is 16.9. The maximum absolute atomic E-state index is 11.0. The summed E-state index contributed by atoms with van der Waals surface area (Å²) >= 11 is 0. The summed E-state index contributed by atoms with van der Waals surface area (Å²) in [4.78, 5) is 11.0. The normalized spacial score (nSPS) is 11.1. The fraction of sp³-hybridized carbons (Fsp3) is 0.300.